The number of benzene rings is 2. The Labute approximate surface area is 194 Å². The third kappa shape index (κ3) is 3.13. The molecule has 0 atom stereocenters. The Kier molecular flexibility index (Phi) is 4.20. The summed E-state index contributed by atoms with van der Waals surface area (Å²) >= 11 is 0. The summed E-state index contributed by atoms with van der Waals surface area (Å²) in [6.45, 7) is 2.15. The normalized spacial score (nSPS) is 14.3. The molecular weight excluding hydrogens is 426 g/mol. The molecule has 166 valence electrons. The lowest BCUT2D eigenvalue weighted by Crippen LogP contribution is -2.35. The van der Waals surface area contributed by atoms with Crippen molar-refractivity contribution in [3.8, 4) is 11.3 Å². The van der Waals surface area contributed by atoms with Gasteiger partial charge in [0.05, 0.1) is 24.0 Å². The Balaban J connectivity index is 1.28. The molecule has 6 aromatic rings. The second-order valence-corrected chi connectivity index (χ2v) is 8.74. The van der Waals surface area contributed by atoms with Crippen molar-refractivity contribution < 1.29 is 0 Å². The van der Waals surface area contributed by atoms with Crippen molar-refractivity contribution in [3.05, 3.63) is 77.7 Å². The maximum absolute atomic E-state index is 6.09. The van der Waals surface area contributed by atoms with Gasteiger partial charge in [-0.25, -0.2) is 19.7 Å². The van der Waals surface area contributed by atoms with Crippen molar-refractivity contribution in [2.24, 2.45) is 5.84 Å². The molecule has 1 aliphatic heterocycles. The van der Waals surface area contributed by atoms with Crippen LogP contribution in [0.25, 0.3) is 44.4 Å². The van der Waals surface area contributed by atoms with Gasteiger partial charge in [-0.1, -0.05) is 23.4 Å². The minimum atomic E-state index is 0.532. The fourth-order valence-corrected chi connectivity index (χ4v) is 4.79. The molecule has 0 radical (unpaired) electrons. The van der Waals surface area contributed by atoms with Gasteiger partial charge in [0.1, 0.15) is 0 Å². The summed E-state index contributed by atoms with van der Waals surface area (Å²) in [6.07, 6.45) is 4.49. The van der Waals surface area contributed by atoms with Crippen LogP contribution in [0.15, 0.2) is 60.9 Å². The monoisotopic (exact) mass is 447 g/mol. The first-order valence-corrected chi connectivity index (χ1v) is 11.2. The van der Waals surface area contributed by atoms with Crippen LogP contribution < -0.4 is 5.84 Å². The summed E-state index contributed by atoms with van der Waals surface area (Å²) < 4.78 is 1.80. The molecule has 4 aromatic heterocycles. The van der Waals surface area contributed by atoms with Gasteiger partial charge in [0, 0.05) is 53.3 Å². The number of fused-ring (bicyclic) bond motifs is 5. The predicted molar refractivity (Wildman–Crippen MR) is 130 cm³/mol. The highest BCUT2D eigenvalue weighted by molar-refractivity contribution is 5.89. The minimum Gasteiger partial charge on any atom is -0.358 e. The van der Waals surface area contributed by atoms with Gasteiger partial charge < -0.3 is 4.98 Å². The van der Waals surface area contributed by atoms with Crippen LogP contribution in [0.4, 0.5) is 0 Å². The van der Waals surface area contributed by atoms with Crippen molar-refractivity contribution in [1.82, 2.24) is 39.9 Å². The van der Waals surface area contributed by atoms with Gasteiger partial charge in [0.15, 0.2) is 5.65 Å². The van der Waals surface area contributed by atoms with E-state index < -0.39 is 0 Å². The summed E-state index contributed by atoms with van der Waals surface area (Å²) in [7, 11) is 0. The van der Waals surface area contributed by atoms with Gasteiger partial charge in [0.2, 0.25) is 5.65 Å². The highest BCUT2D eigenvalue weighted by Gasteiger charge is 2.19. The van der Waals surface area contributed by atoms with Crippen LogP contribution in [0.3, 0.4) is 0 Å². The first kappa shape index (κ1) is 19.3. The Bertz CT molecular complexity index is 1700. The van der Waals surface area contributed by atoms with E-state index in [1.165, 1.54) is 16.6 Å². The molecule has 0 fully saturated rings. The molecule has 9 nitrogen and oxygen atoms in total. The van der Waals surface area contributed by atoms with Gasteiger partial charge in [-0.15, -0.1) is 5.10 Å². The zero-order valence-electron chi connectivity index (χ0n) is 18.3. The van der Waals surface area contributed by atoms with E-state index in [0.717, 1.165) is 52.8 Å². The van der Waals surface area contributed by atoms with E-state index in [2.05, 4.69) is 61.7 Å². The summed E-state index contributed by atoms with van der Waals surface area (Å²) in [4.78, 5) is 17.4. The number of H-pyrrole nitrogens is 1. The minimum absolute atomic E-state index is 0.532. The van der Waals surface area contributed by atoms with E-state index in [1.54, 1.807) is 17.1 Å². The second kappa shape index (κ2) is 7.41. The van der Waals surface area contributed by atoms with Gasteiger partial charge in [0.25, 0.3) is 0 Å². The molecule has 0 unspecified atom stereocenters. The average molecular weight is 448 g/mol. The van der Waals surface area contributed by atoms with Gasteiger partial charge in [-0.2, -0.15) is 0 Å². The Morgan fingerprint density at radius 2 is 2.03 bits per heavy atom. The summed E-state index contributed by atoms with van der Waals surface area (Å²) in [5.41, 5.74) is 8.70. The molecule has 34 heavy (non-hydrogen) atoms. The number of nitrogens with one attached hydrogen (secondary N) is 1. The van der Waals surface area contributed by atoms with Crippen molar-refractivity contribution >= 4 is 33.1 Å². The van der Waals surface area contributed by atoms with Crippen LogP contribution in [-0.2, 0) is 19.5 Å². The van der Waals surface area contributed by atoms with Gasteiger partial charge in [-0.3, -0.25) is 10.8 Å². The number of pyridine rings is 1. The van der Waals surface area contributed by atoms with E-state index in [4.69, 9.17) is 10.8 Å². The van der Waals surface area contributed by atoms with E-state index >= 15 is 0 Å². The predicted octanol–water partition coefficient (Wildman–Crippen LogP) is 3.20. The first-order valence-electron chi connectivity index (χ1n) is 11.2. The van der Waals surface area contributed by atoms with Gasteiger partial charge in [-0.05, 0) is 41.5 Å². The number of hydrogen-bond donors (Lipinski definition) is 2. The van der Waals surface area contributed by atoms with E-state index in [0.29, 0.717) is 17.8 Å². The third-order valence-electron chi connectivity index (χ3n) is 6.53. The molecule has 9 heteroatoms. The highest BCUT2D eigenvalue weighted by Crippen LogP contribution is 2.30. The molecule has 3 N–H and O–H groups in total. The second-order valence-electron chi connectivity index (χ2n) is 8.74. The van der Waals surface area contributed by atoms with Crippen molar-refractivity contribution in [1.29, 1.82) is 0 Å². The fraction of sp³-hybridized carbons (Fsp3) is 0.160. The lowest BCUT2D eigenvalue weighted by molar-refractivity contribution is 0.263. The summed E-state index contributed by atoms with van der Waals surface area (Å²) in [5, 5.41) is 12.7. The molecule has 0 saturated heterocycles. The molecule has 2 aromatic carbocycles. The fourth-order valence-electron chi connectivity index (χ4n) is 4.79. The van der Waals surface area contributed by atoms with Crippen LogP contribution in [0.5, 0.6) is 0 Å². The highest BCUT2D eigenvalue weighted by atomic mass is 15.4. The molecule has 5 heterocycles. The first-order chi connectivity index (χ1) is 16.7. The Morgan fingerprint density at radius 3 is 3.00 bits per heavy atom. The number of hydrogen-bond acceptors (Lipinski definition) is 7. The number of rotatable bonds is 3. The molecule has 0 spiro atoms. The number of hydrazine groups is 1. The Morgan fingerprint density at radius 1 is 1.06 bits per heavy atom. The molecule has 7 rings (SSSR count). The van der Waals surface area contributed by atoms with Crippen LogP contribution in [0.1, 0.15) is 16.8 Å². The number of nitrogens with zero attached hydrogens (tertiary/aromatic N) is 7. The van der Waals surface area contributed by atoms with Crippen LogP contribution in [-0.4, -0.2) is 46.5 Å². The van der Waals surface area contributed by atoms with Crippen LogP contribution in [0, 0.1) is 0 Å². The average Bonchev–Trinajstić information content (AvgIpc) is 3.44. The molecule has 1 aliphatic rings. The number of nitrogens with two attached hydrogens (primary N) is 1. The lowest BCUT2D eigenvalue weighted by Gasteiger charge is -2.21. The SMILES string of the molecule is NN1CCc2[nH]c3ccc(-c4cnc5nnn(Cc6ccc7ncccc7c6)c5n4)cc3c2C1. The van der Waals surface area contributed by atoms with E-state index in [9.17, 15) is 0 Å². The Hall–Kier alpha value is -4.21. The summed E-state index contributed by atoms with van der Waals surface area (Å²) in [5.74, 6) is 6.09. The zero-order valence-corrected chi connectivity index (χ0v) is 18.3. The lowest BCUT2D eigenvalue weighted by atomic mass is 10.0. The zero-order chi connectivity index (χ0) is 22.6. The van der Waals surface area contributed by atoms with Crippen LogP contribution >= 0.6 is 0 Å². The molecule has 0 saturated carbocycles. The summed E-state index contributed by atoms with van der Waals surface area (Å²) in [6, 6.07) is 16.6. The van der Waals surface area contributed by atoms with Crippen molar-refractivity contribution in [2.45, 2.75) is 19.5 Å². The standard InChI is InChI=1S/C25H21N9/c26-33-9-7-22-19(14-33)18-11-17(4-6-21(18)29-22)23-12-28-24-25(30-23)34(32-31-24)13-15-3-5-20-16(10-15)2-1-8-27-20/h1-6,8,10-12,29H,7,9,13-14,26H2. The molecular formula is C25H21N9. The topological polar surface area (TPSA) is 114 Å². The van der Waals surface area contributed by atoms with Crippen molar-refractivity contribution in [2.75, 3.05) is 6.54 Å². The van der Waals surface area contributed by atoms with Crippen molar-refractivity contribution in [3.63, 3.8) is 0 Å². The number of aromatic nitrogens is 7. The smallest absolute Gasteiger partial charge is 0.221 e. The van der Waals surface area contributed by atoms with E-state index in [1.807, 2.05) is 17.1 Å². The molecule has 0 aliphatic carbocycles. The molecule has 0 amide bonds. The van der Waals surface area contributed by atoms with Gasteiger partial charge >= 0.3 is 0 Å². The maximum atomic E-state index is 6.09. The van der Waals surface area contributed by atoms with Crippen LogP contribution in [0.2, 0.25) is 0 Å². The van der Waals surface area contributed by atoms with E-state index in [-0.39, 0.29) is 0 Å². The maximum Gasteiger partial charge on any atom is 0.221 e. The largest absolute Gasteiger partial charge is 0.358 e. The third-order valence-corrected chi connectivity index (χ3v) is 6.53. The molecule has 0 bridgehead atoms. The number of aromatic amines is 1. The quantitative estimate of drug-likeness (QED) is 0.400.